The van der Waals surface area contributed by atoms with Crippen molar-refractivity contribution in [2.75, 3.05) is 0 Å². The fraction of sp³-hybridized carbons (Fsp3) is 0.500. The van der Waals surface area contributed by atoms with E-state index in [1.54, 1.807) is 0 Å². The molecular formula is C14H17BrO. The number of carbonyl (C=O) groups excluding carboxylic acids is 1. The molecule has 1 fully saturated rings. The van der Waals surface area contributed by atoms with Crippen LogP contribution in [0.25, 0.3) is 0 Å². The van der Waals surface area contributed by atoms with Crippen LogP contribution in [0.4, 0.5) is 0 Å². The maximum Gasteiger partial charge on any atom is 0.140 e. The van der Waals surface area contributed by atoms with Crippen molar-refractivity contribution in [1.82, 2.24) is 0 Å². The summed E-state index contributed by atoms with van der Waals surface area (Å²) in [5, 5.41) is 0. The number of hydrogen-bond donors (Lipinski definition) is 0. The van der Waals surface area contributed by atoms with Gasteiger partial charge in [-0.15, -0.1) is 0 Å². The van der Waals surface area contributed by atoms with Gasteiger partial charge in [0.2, 0.25) is 0 Å². The topological polar surface area (TPSA) is 17.1 Å². The molecule has 1 nitrogen and oxygen atoms in total. The minimum Gasteiger partial charge on any atom is -0.299 e. The lowest BCUT2D eigenvalue weighted by Gasteiger charge is -2.09. The lowest BCUT2D eigenvalue weighted by atomic mass is 9.96. The van der Waals surface area contributed by atoms with Crippen LogP contribution in [0.3, 0.4) is 0 Å². The molecule has 0 amide bonds. The Labute approximate surface area is 105 Å². The Morgan fingerprint density at radius 2 is 2.12 bits per heavy atom. The van der Waals surface area contributed by atoms with Gasteiger partial charge in [0, 0.05) is 16.8 Å². The molecular weight excluding hydrogens is 264 g/mol. The average Bonchev–Trinajstić information content (AvgIpc) is 2.68. The van der Waals surface area contributed by atoms with Crippen molar-refractivity contribution in [2.24, 2.45) is 11.8 Å². The predicted molar refractivity (Wildman–Crippen MR) is 69.4 cm³/mol. The van der Waals surface area contributed by atoms with Crippen molar-refractivity contribution in [3.63, 3.8) is 0 Å². The fourth-order valence-electron chi connectivity index (χ4n) is 2.47. The molecule has 2 atom stereocenters. The first-order valence-corrected chi connectivity index (χ1v) is 6.72. The maximum atomic E-state index is 12.1. The molecule has 1 aliphatic rings. The smallest absolute Gasteiger partial charge is 0.140 e. The molecule has 0 bridgehead atoms. The molecule has 0 saturated heterocycles. The predicted octanol–water partition coefficient (Wildman–Crippen LogP) is 4.00. The number of benzene rings is 1. The van der Waals surface area contributed by atoms with Crippen LogP contribution in [-0.2, 0) is 11.2 Å². The van der Waals surface area contributed by atoms with E-state index in [9.17, 15) is 4.79 Å². The third-order valence-corrected chi connectivity index (χ3v) is 4.25. The summed E-state index contributed by atoms with van der Waals surface area (Å²) in [4.78, 5) is 12.1. The second kappa shape index (κ2) is 5.13. The first kappa shape index (κ1) is 11.8. The van der Waals surface area contributed by atoms with E-state index < -0.39 is 0 Å². The molecule has 0 radical (unpaired) electrons. The highest BCUT2D eigenvalue weighted by Gasteiger charge is 2.27. The molecule has 1 aromatic rings. The summed E-state index contributed by atoms with van der Waals surface area (Å²) in [6, 6.07) is 8.00. The normalized spacial score (nSPS) is 24.6. The molecule has 1 aromatic carbocycles. The van der Waals surface area contributed by atoms with Gasteiger partial charge in [-0.05, 0) is 36.8 Å². The van der Waals surface area contributed by atoms with Gasteiger partial charge in [0.1, 0.15) is 5.78 Å². The monoisotopic (exact) mass is 280 g/mol. The summed E-state index contributed by atoms with van der Waals surface area (Å²) in [5.41, 5.74) is 1.12. The lowest BCUT2D eigenvalue weighted by Crippen LogP contribution is -2.14. The minimum atomic E-state index is 0.308. The van der Waals surface area contributed by atoms with E-state index >= 15 is 0 Å². The molecule has 16 heavy (non-hydrogen) atoms. The van der Waals surface area contributed by atoms with Crippen molar-refractivity contribution in [2.45, 2.75) is 32.6 Å². The highest BCUT2D eigenvalue weighted by molar-refractivity contribution is 9.10. The molecule has 2 unspecified atom stereocenters. The molecule has 2 heteroatoms. The zero-order valence-electron chi connectivity index (χ0n) is 9.58. The Bertz CT molecular complexity index is 386. The lowest BCUT2D eigenvalue weighted by molar-refractivity contribution is -0.122. The first-order chi connectivity index (χ1) is 7.66. The van der Waals surface area contributed by atoms with Crippen molar-refractivity contribution in [3.05, 3.63) is 34.3 Å². The van der Waals surface area contributed by atoms with Crippen LogP contribution in [0, 0.1) is 11.8 Å². The Morgan fingerprint density at radius 3 is 2.75 bits per heavy atom. The van der Waals surface area contributed by atoms with Crippen LogP contribution in [0.2, 0.25) is 0 Å². The van der Waals surface area contributed by atoms with Gasteiger partial charge in [0.25, 0.3) is 0 Å². The van der Waals surface area contributed by atoms with Crippen LogP contribution in [0.15, 0.2) is 28.7 Å². The standard InChI is InChI=1S/C14H17BrO/c1-10-6-7-12(8-10)14(16)9-11-4-2-3-5-13(11)15/h2-5,10,12H,6-9H2,1H3. The summed E-state index contributed by atoms with van der Waals surface area (Å²) in [5.74, 6) is 1.45. The quantitative estimate of drug-likeness (QED) is 0.818. The van der Waals surface area contributed by atoms with E-state index in [0.29, 0.717) is 18.1 Å². The SMILES string of the molecule is CC1CCC(C(=O)Cc2ccccc2Br)C1. The van der Waals surface area contributed by atoms with Gasteiger partial charge in [0.05, 0.1) is 0 Å². The molecule has 1 aliphatic carbocycles. The van der Waals surface area contributed by atoms with E-state index in [4.69, 9.17) is 0 Å². The van der Waals surface area contributed by atoms with Gasteiger partial charge in [-0.3, -0.25) is 4.79 Å². The minimum absolute atomic E-state index is 0.308. The number of halogens is 1. The van der Waals surface area contributed by atoms with Gasteiger partial charge < -0.3 is 0 Å². The van der Waals surface area contributed by atoms with E-state index in [-0.39, 0.29) is 0 Å². The van der Waals surface area contributed by atoms with Crippen LogP contribution in [0.5, 0.6) is 0 Å². The average molecular weight is 281 g/mol. The number of ketones is 1. The summed E-state index contributed by atoms with van der Waals surface area (Å²) >= 11 is 3.49. The highest BCUT2D eigenvalue weighted by atomic mass is 79.9. The Kier molecular flexibility index (Phi) is 3.80. The maximum absolute atomic E-state index is 12.1. The summed E-state index contributed by atoms with van der Waals surface area (Å²) in [6.45, 7) is 2.24. The highest BCUT2D eigenvalue weighted by Crippen LogP contribution is 2.32. The van der Waals surface area contributed by atoms with E-state index in [1.807, 2.05) is 24.3 Å². The Balaban J connectivity index is 2.00. The number of rotatable bonds is 3. The van der Waals surface area contributed by atoms with E-state index in [2.05, 4.69) is 22.9 Å². The van der Waals surface area contributed by atoms with Crippen LogP contribution in [-0.4, -0.2) is 5.78 Å². The second-order valence-corrected chi connectivity index (χ2v) is 5.70. The first-order valence-electron chi connectivity index (χ1n) is 5.93. The molecule has 0 heterocycles. The van der Waals surface area contributed by atoms with Gasteiger partial charge in [-0.1, -0.05) is 41.1 Å². The third-order valence-electron chi connectivity index (χ3n) is 3.47. The van der Waals surface area contributed by atoms with Gasteiger partial charge in [0.15, 0.2) is 0 Å². The van der Waals surface area contributed by atoms with Gasteiger partial charge in [-0.25, -0.2) is 0 Å². The fourth-order valence-corrected chi connectivity index (χ4v) is 2.90. The largest absolute Gasteiger partial charge is 0.299 e. The number of Topliss-reactive ketones (excluding diaryl/α,β-unsaturated/α-hetero) is 1. The van der Waals surface area contributed by atoms with Crippen LogP contribution in [0.1, 0.15) is 31.7 Å². The van der Waals surface area contributed by atoms with Crippen molar-refractivity contribution in [1.29, 1.82) is 0 Å². The van der Waals surface area contributed by atoms with Crippen LogP contribution < -0.4 is 0 Å². The zero-order chi connectivity index (χ0) is 11.5. The van der Waals surface area contributed by atoms with Crippen molar-refractivity contribution in [3.8, 4) is 0 Å². The summed E-state index contributed by atoms with van der Waals surface area (Å²) in [6.07, 6.45) is 3.97. The van der Waals surface area contributed by atoms with Gasteiger partial charge >= 0.3 is 0 Å². The van der Waals surface area contributed by atoms with Gasteiger partial charge in [-0.2, -0.15) is 0 Å². The second-order valence-electron chi connectivity index (χ2n) is 4.85. The summed E-state index contributed by atoms with van der Waals surface area (Å²) < 4.78 is 1.05. The summed E-state index contributed by atoms with van der Waals surface area (Å²) in [7, 11) is 0. The molecule has 0 N–H and O–H groups in total. The number of hydrogen-bond acceptors (Lipinski definition) is 1. The molecule has 1 saturated carbocycles. The molecule has 0 aliphatic heterocycles. The number of carbonyl (C=O) groups is 1. The molecule has 0 aromatic heterocycles. The Hall–Kier alpha value is -0.630. The van der Waals surface area contributed by atoms with E-state index in [0.717, 1.165) is 28.8 Å². The van der Waals surface area contributed by atoms with Crippen LogP contribution >= 0.6 is 15.9 Å². The Morgan fingerprint density at radius 1 is 1.38 bits per heavy atom. The van der Waals surface area contributed by atoms with Crippen molar-refractivity contribution >= 4 is 21.7 Å². The molecule has 2 rings (SSSR count). The zero-order valence-corrected chi connectivity index (χ0v) is 11.2. The van der Waals surface area contributed by atoms with E-state index in [1.165, 1.54) is 6.42 Å². The molecule has 86 valence electrons. The molecule has 0 spiro atoms. The van der Waals surface area contributed by atoms with Crippen molar-refractivity contribution < 1.29 is 4.79 Å². The third kappa shape index (κ3) is 2.73.